The van der Waals surface area contributed by atoms with Crippen molar-refractivity contribution in [3.63, 3.8) is 0 Å². The molecule has 0 aliphatic heterocycles. The summed E-state index contributed by atoms with van der Waals surface area (Å²) >= 11 is 5.89. The monoisotopic (exact) mass is 381 g/mol. The molecule has 1 heterocycles. The Labute approximate surface area is 162 Å². The summed E-state index contributed by atoms with van der Waals surface area (Å²) < 4.78 is 5.25. The highest BCUT2D eigenvalue weighted by molar-refractivity contribution is 6.30. The molecule has 0 atom stereocenters. The number of benzene rings is 2. The number of carbonyl (C=O) groups is 1. The van der Waals surface area contributed by atoms with Crippen LogP contribution in [0.5, 0.6) is 0 Å². The fraction of sp³-hybridized carbons (Fsp3) is 0.286. The van der Waals surface area contributed by atoms with Crippen molar-refractivity contribution in [3.05, 3.63) is 71.1 Å². The number of hydrogen-bond acceptors (Lipinski definition) is 4. The van der Waals surface area contributed by atoms with Gasteiger partial charge in [0.1, 0.15) is 0 Å². The minimum atomic E-state index is 0.00319. The van der Waals surface area contributed by atoms with Gasteiger partial charge >= 0.3 is 0 Å². The van der Waals surface area contributed by atoms with Crippen LogP contribution in [0.3, 0.4) is 0 Å². The van der Waals surface area contributed by atoms with Crippen molar-refractivity contribution in [2.45, 2.75) is 31.1 Å². The summed E-state index contributed by atoms with van der Waals surface area (Å²) in [6, 6.07) is 17.6. The van der Waals surface area contributed by atoms with Gasteiger partial charge in [-0.2, -0.15) is 4.98 Å². The first-order chi connectivity index (χ1) is 13.1. The molecule has 1 aliphatic rings. The van der Waals surface area contributed by atoms with Gasteiger partial charge in [0, 0.05) is 35.4 Å². The van der Waals surface area contributed by atoms with Crippen molar-refractivity contribution >= 4 is 17.5 Å². The SMILES string of the molecule is O=C(CCc1nc(-c2ccc(Cl)cc2)no1)NCC1(c2ccccc2)CC1. The number of nitrogens with zero attached hydrogens (tertiary/aromatic N) is 2. The van der Waals surface area contributed by atoms with Gasteiger partial charge in [0.25, 0.3) is 0 Å². The predicted molar refractivity (Wildman–Crippen MR) is 103 cm³/mol. The van der Waals surface area contributed by atoms with Gasteiger partial charge in [-0.1, -0.05) is 47.1 Å². The molecule has 1 amide bonds. The number of aromatic nitrogens is 2. The molecular weight excluding hydrogens is 362 g/mol. The number of carbonyl (C=O) groups excluding carboxylic acids is 1. The molecule has 138 valence electrons. The number of hydrogen-bond donors (Lipinski definition) is 1. The normalized spacial score (nSPS) is 14.7. The molecule has 0 saturated heterocycles. The first-order valence-corrected chi connectivity index (χ1v) is 9.43. The van der Waals surface area contributed by atoms with Crippen LogP contribution >= 0.6 is 11.6 Å². The second-order valence-electron chi connectivity index (χ2n) is 6.94. The van der Waals surface area contributed by atoms with Crippen molar-refractivity contribution < 1.29 is 9.32 Å². The van der Waals surface area contributed by atoms with Gasteiger partial charge < -0.3 is 9.84 Å². The molecule has 1 fully saturated rings. The molecule has 1 aliphatic carbocycles. The fourth-order valence-electron chi connectivity index (χ4n) is 3.16. The summed E-state index contributed by atoms with van der Waals surface area (Å²) in [6.07, 6.45) is 2.98. The summed E-state index contributed by atoms with van der Waals surface area (Å²) in [5.74, 6) is 0.964. The van der Waals surface area contributed by atoms with E-state index in [9.17, 15) is 4.79 Å². The average molecular weight is 382 g/mol. The lowest BCUT2D eigenvalue weighted by Crippen LogP contribution is -2.32. The van der Waals surface area contributed by atoms with Gasteiger partial charge in [0.05, 0.1) is 0 Å². The van der Waals surface area contributed by atoms with Crippen molar-refractivity contribution in [3.8, 4) is 11.4 Å². The molecule has 0 bridgehead atoms. The first-order valence-electron chi connectivity index (χ1n) is 9.05. The van der Waals surface area contributed by atoms with Crippen molar-refractivity contribution in [1.82, 2.24) is 15.5 Å². The molecular formula is C21H20ClN3O2. The van der Waals surface area contributed by atoms with Crippen LogP contribution in [-0.4, -0.2) is 22.6 Å². The Bertz CT molecular complexity index is 918. The third-order valence-corrected chi connectivity index (χ3v) is 5.25. The third-order valence-electron chi connectivity index (χ3n) is 5.00. The van der Waals surface area contributed by atoms with Crippen LogP contribution in [0.1, 0.15) is 30.7 Å². The number of halogens is 1. The van der Waals surface area contributed by atoms with Gasteiger partial charge in [-0.05, 0) is 42.7 Å². The molecule has 0 unspecified atom stereocenters. The van der Waals surface area contributed by atoms with E-state index in [1.165, 1.54) is 5.56 Å². The molecule has 3 aromatic rings. The second kappa shape index (κ2) is 7.53. The molecule has 0 spiro atoms. The van der Waals surface area contributed by atoms with Crippen LogP contribution in [0.25, 0.3) is 11.4 Å². The topological polar surface area (TPSA) is 68.0 Å². The van der Waals surface area contributed by atoms with Gasteiger partial charge in [-0.3, -0.25) is 4.79 Å². The summed E-state index contributed by atoms with van der Waals surface area (Å²) in [7, 11) is 0. The Hall–Kier alpha value is -2.66. The number of rotatable bonds is 7. The van der Waals surface area contributed by atoms with Crippen LogP contribution in [0.15, 0.2) is 59.1 Å². The largest absolute Gasteiger partial charge is 0.355 e. The Kier molecular flexibility index (Phi) is 4.94. The fourth-order valence-corrected chi connectivity index (χ4v) is 3.29. The van der Waals surface area contributed by atoms with Crippen LogP contribution in [0.4, 0.5) is 0 Å². The molecule has 1 aromatic heterocycles. The number of nitrogens with one attached hydrogen (secondary N) is 1. The summed E-state index contributed by atoms with van der Waals surface area (Å²) in [5.41, 5.74) is 2.25. The summed E-state index contributed by atoms with van der Waals surface area (Å²) in [6.45, 7) is 0.676. The van der Waals surface area contributed by atoms with Gasteiger partial charge in [0.15, 0.2) is 0 Å². The van der Waals surface area contributed by atoms with Gasteiger partial charge in [0.2, 0.25) is 17.6 Å². The lowest BCUT2D eigenvalue weighted by molar-refractivity contribution is -0.121. The molecule has 0 radical (unpaired) electrons. The van der Waals surface area contributed by atoms with E-state index in [1.54, 1.807) is 12.1 Å². The maximum absolute atomic E-state index is 12.2. The van der Waals surface area contributed by atoms with Crippen molar-refractivity contribution in [1.29, 1.82) is 0 Å². The van der Waals surface area contributed by atoms with E-state index in [0.29, 0.717) is 36.1 Å². The minimum absolute atomic E-state index is 0.00319. The molecule has 1 saturated carbocycles. The van der Waals surface area contributed by atoms with Crippen LogP contribution < -0.4 is 5.32 Å². The highest BCUT2D eigenvalue weighted by Gasteiger charge is 2.44. The molecule has 4 rings (SSSR count). The van der Waals surface area contributed by atoms with Crippen LogP contribution in [0, 0.1) is 0 Å². The highest BCUT2D eigenvalue weighted by atomic mass is 35.5. The van der Waals surface area contributed by atoms with Crippen molar-refractivity contribution in [2.24, 2.45) is 0 Å². The van der Waals surface area contributed by atoms with Crippen LogP contribution in [0.2, 0.25) is 5.02 Å². The molecule has 5 nitrogen and oxygen atoms in total. The van der Waals surface area contributed by atoms with E-state index < -0.39 is 0 Å². The lowest BCUT2D eigenvalue weighted by Gasteiger charge is -2.16. The first kappa shape index (κ1) is 17.7. The lowest BCUT2D eigenvalue weighted by atomic mass is 9.96. The van der Waals surface area contributed by atoms with Crippen LogP contribution in [-0.2, 0) is 16.6 Å². The second-order valence-corrected chi connectivity index (χ2v) is 7.38. The summed E-state index contributed by atoms with van der Waals surface area (Å²) in [5, 5.41) is 7.68. The Balaban J connectivity index is 1.28. The molecule has 2 aromatic carbocycles. The Morgan fingerprint density at radius 2 is 1.85 bits per heavy atom. The van der Waals surface area contributed by atoms with Gasteiger partial charge in [-0.15, -0.1) is 0 Å². The summed E-state index contributed by atoms with van der Waals surface area (Å²) in [4.78, 5) is 16.6. The van der Waals surface area contributed by atoms with Crippen molar-refractivity contribution in [2.75, 3.05) is 6.54 Å². The zero-order chi connectivity index (χ0) is 18.7. The van der Waals surface area contributed by atoms with E-state index in [4.69, 9.17) is 16.1 Å². The zero-order valence-corrected chi connectivity index (χ0v) is 15.6. The molecule has 1 N–H and O–H groups in total. The zero-order valence-electron chi connectivity index (χ0n) is 14.8. The third kappa shape index (κ3) is 4.19. The number of amides is 1. The Morgan fingerprint density at radius 3 is 2.56 bits per heavy atom. The Morgan fingerprint density at radius 1 is 1.11 bits per heavy atom. The smallest absolute Gasteiger partial charge is 0.227 e. The van der Waals surface area contributed by atoms with E-state index in [2.05, 4.69) is 27.6 Å². The van der Waals surface area contributed by atoms with Gasteiger partial charge in [-0.25, -0.2) is 0 Å². The number of aryl methyl sites for hydroxylation is 1. The van der Waals surface area contributed by atoms with E-state index in [-0.39, 0.29) is 11.3 Å². The quantitative estimate of drug-likeness (QED) is 0.666. The molecule has 27 heavy (non-hydrogen) atoms. The molecule has 6 heteroatoms. The predicted octanol–water partition coefficient (Wildman–Crippen LogP) is 4.17. The maximum Gasteiger partial charge on any atom is 0.227 e. The highest BCUT2D eigenvalue weighted by Crippen LogP contribution is 2.47. The van der Waals surface area contributed by atoms with E-state index >= 15 is 0 Å². The minimum Gasteiger partial charge on any atom is -0.355 e. The maximum atomic E-state index is 12.2. The van der Waals surface area contributed by atoms with E-state index in [0.717, 1.165) is 18.4 Å². The standard InChI is InChI=1S/C21H20ClN3O2/c22-17-8-6-15(7-9-17)20-24-19(27-25-20)11-10-18(26)23-14-21(12-13-21)16-4-2-1-3-5-16/h1-9H,10-14H2,(H,23,26). The average Bonchev–Trinajstić information content (AvgIpc) is 3.35. The van der Waals surface area contributed by atoms with E-state index in [1.807, 2.05) is 30.3 Å².